The van der Waals surface area contributed by atoms with E-state index in [-0.39, 0.29) is 10.6 Å². The predicted octanol–water partition coefficient (Wildman–Crippen LogP) is 6.78. The highest BCUT2D eigenvalue weighted by atomic mass is 79.9. The largest absolute Gasteiger partial charge is 0.444 e. The second-order valence-corrected chi connectivity index (χ2v) is 8.48. The molecule has 0 N–H and O–H groups in total. The summed E-state index contributed by atoms with van der Waals surface area (Å²) < 4.78 is 7.58. The third-order valence-corrected chi connectivity index (χ3v) is 6.12. The summed E-state index contributed by atoms with van der Waals surface area (Å²) >= 11 is 16.2. The fourth-order valence-corrected chi connectivity index (χ4v) is 4.32. The number of hydrogen-bond donors (Lipinski definition) is 0. The first-order valence-electron chi connectivity index (χ1n) is 9.19. The van der Waals surface area contributed by atoms with Crippen LogP contribution in [-0.2, 0) is 0 Å². The fourth-order valence-electron chi connectivity index (χ4n) is 3.45. The zero-order chi connectivity index (χ0) is 21.5. The van der Waals surface area contributed by atoms with Gasteiger partial charge in [0.1, 0.15) is 0 Å². The number of benzene rings is 3. The maximum absolute atomic E-state index is 13.3. The van der Waals surface area contributed by atoms with Gasteiger partial charge in [0.05, 0.1) is 33.0 Å². The highest BCUT2D eigenvalue weighted by molar-refractivity contribution is 9.10. The van der Waals surface area contributed by atoms with E-state index < -0.39 is 0 Å². The Hall–Kier alpha value is -2.93. The van der Waals surface area contributed by atoms with E-state index >= 15 is 0 Å². The number of aromatic nitrogens is 3. The lowest BCUT2D eigenvalue weighted by Crippen LogP contribution is -2.22. The van der Waals surface area contributed by atoms with Crippen LogP contribution in [0.15, 0.2) is 86.9 Å². The highest BCUT2D eigenvalue weighted by Gasteiger charge is 2.17. The summed E-state index contributed by atoms with van der Waals surface area (Å²) in [7, 11) is 0. The lowest BCUT2D eigenvalue weighted by molar-refractivity contribution is 0.572. The fraction of sp³-hybridized carbons (Fsp3) is 0. The molecule has 0 aliphatic heterocycles. The molecule has 2 aromatic heterocycles. The van der Waals surface area contributed by atoms with Crippen LogP contribution in [0.4, 0.5) is 0 Å². The minimum Gasteiger partial charge on any atom is -0.444 e. The minimum atomic E-state index is -0.283. The third kappa shape index (κ3) is 3.57. The Kier molecular flexibility index (Phi) is 5.14. The molecule has 0 aliphatic carbocycles. The predicted molar refractivity (Wildman–Crippen MR) is 126 cm³/mol. The van der Waals surface area contributed by atoms with Crippen molar-refractivity contribution >= 4 is 49.9 Å². The standard InChI is InChI=1S/C23H12BrCl2N3O2/c24-15-9-13(20-11-27-12-31-20)8-14(10-15)22-16-4-1-2-5-17(16)23(30)29(28-22)19-7-3-6-18(25)21(19)26/h1-12H. The Bertz CT molecular complexity index is 1500. The van der Waals surface area contributed by atoms with Crippen molar-refractivity contribution in [3.63, 3.8) is 0 Å². The molecule has 5 aromatic rings. The van der Waals surface area contributed by atoms with Gasteiger partial charge in [-0.05, 0) is 36.4 Å². The molecule has 3 aromatic carbocycles. The van der Waals surface area contributed by atoms with E-state index in [0.29, 0.717) is 27.6 Å². The van der Waals surface area contributed by atoms with Crippen molar-refractivity contribution in [3.8, 4) is 28.3 Å². The maximum atomic E-state index is 13.3. The summed E-state index contributed by atoms with van der Waals surface area (Å²) in [4.78, 5) is 17.3. The van der Waals surface area contributed by atoms with Crippen molar-refractivity contribution in [2.24, 2.45) is 0 Å². The Morgan fingerprint density at radius 2 is 1.71 bits per heavy atom. The van der Waals surface area contributed by atoms with Crippen molar-refractivity contribution in [1.29, 1.82) is 0 Å². The van der Waals surface area contributed by atoms with Gasteiger partial charge in [0.25, 0.3) is 5.56 Å². The van der Waals surface area contributed by atoms with Gasteiger partial charge in [-0.1, -0.05) is 63.4 Å². The number of rotatable bonds is 3. The molecule has 0 unspecified atom stereocenters. The molecule has 0 saturated heterocycles. The van der Waals surface area contributed by atoms with Crippen LogP contribution in [0, 0.1) is 0 Å². The van der Waals surface area contributed by atoms with Gasteiger partial charge in [-0.2, -0.15) is 9.78 Å². The zero-order valence-electron chi connectivity index (χ0n) is 15.7. The topological polar surface area (TPSA) is 60.9 Å². The van der Waals surface area contributed by atoms with Gasteiger partial charge in [0, 0.05) is 21.0 Å². The van der Waals surface area contributed by atoms with E-state index in [0.717, 1.165) is 21.0 Å². The van der Waals surface area contributed by atoms with Gasteiger partial charge < -0.3 is 4.42 Å². The number of nitrogens with zero attached hydrogens (tertiary/aromatic N) is 3. The normalized spacial score (nSPS) is 11.2. The van der Waals surface area contributed by atoms with Crippen LogP contribution in [0.5, 0.6) is 0 Å². The van der Waals surface area contributed by atoms with E-state index in [1.54, 1.807) is 30.5 Å². The molecule has 31 heavy (non-hydrogen) atoms. The van der Waals surface area contributed by atoms with Gasteiger partial charge in [0.15, 0.2) is 12.2 Å². The van der Waals surface area contributed by atoms with Crippen LogP contribution >= 0.6 is 39.1 Å². The molecular weight excluding hydrogens is 501 g/mol. The Balaban J connectivity index is 1.84. The molecule has 0 fully saturated rings. The molecule has 0 bridgehead atoms. The smallest absolute Gasteiger partial charge is 0.279 e. The van der Waals surface area contributed by atoms with Crippen LogP contribution < -0.4 is 5.56 Å². The van der Waals surface area contributed by atoms with Crippen LogP contribution in [-0.4, -0.2) is 14.8 Å². The summed E-state index contributed by atoms with van der Waals surface area (Å²) in [5.74, 6) is 0.623. The Morgan fingerprint density at radius 1 is 0.935 bits per heavy atom. The molecule has 0 radical (unpaired) electrons. The van der Waals surface area contributed by atoms with E-state index in [1.165, 1.54) is 11.1 Å². The monoisotopic (exact) mass is 511 g/mol. The summed E-state index contributed by atoms with van der Waals surface area (Å²) in [5, 5.41) is 6.55. The zero-order valence-corrected chi connectivity index (χ0v) is 18.8. The summed E-state index contributed by atoms with van der Waals surface area (Å²) in [6, 6.07) is 18.2. The average molecular weight is 513 g/mol. The summed E-state index contributed by atoms with van der Waals surface area (Å²) in [6.07, 6.45) is 3.02. The van der Waals surface area contributed by atoms with Crippen molar-refractivity contribution in [1.82, 2.24) is 14.8 Å². The Morgan fingerprint density at radius 3 is 2.48 bits per heavy atom. The molecule has 0 spiro atoms. The van der Waals surface area contributed by atoms with Crippen molar-refractivity contribution in [3.05, 3.63) is 98.1 Å². The van der Waals surface area contributed by atoms with Crippen LogP contribution in [0.25, 0.3) is 39.0 Å². The van der Waals surface area contributed by atoms with Crippen molar-refractivity contribution < 1.29 is 4.42 Å². The average Bonchev–Trinajstić information content (AvgIpc) is 3.31. The van der Waals surface area contributed by atoms with Gasteiger partial charge in [0.2, 0.25) is 0 Å². The lowest BCUT2D eigenvalue weighted by Gasteiger charge is -2.13. The van der Waals surface area contributed by atoms with E-state index in [1.807, 2.05) is 36.4 Å². The minimum absolute atomic E-state index is 0.261. The molecule has 5 nitrogen and oxygen atoms in total. The molecular formula is C23H12BrCl2N3O2. The van der Waals surface area contributed by atoms with Gasteiger partial charge >= 0.3 is 0 Å². The maximum Gasteiger partial charge on any atom is 0.279 e. The van der Waals surface area contributed by atoms with E-state index in [4.69, 9.17) is 32.7 Å². The molecule has 152 valence electrons. The van der Waals surface area contributed by atoms with Gasteiger partial charge in [-0.3, -0.25) is 4.79 Å². The second-order valence-electron chi connectivity index (χ2n) is 6.78. The van der Waals surface area contributed by atoms with Gasteiger partial charge in [-0.15, -0.1) is 0 Å². The van der Waals surface area contributed by atoms with Crippen LogP contribution in [0.2, 0.25) is 10.0 Å². The molecule has 0 atom stereocenters. The SMILES string of the molecule is O=c1c2ccccc2c(-c2cc(Br)cc(-c3cnco3)c2)nn1-c1cccc(Cl)c1Cl. The van der Waals surface area contributed by atoms with Crippen LogP contribution in [0.1, 0.15) is 0 Å². The number of oxazole rings is 1. The number of halogens is 3. The Labute approximate surface area is 195 Å². The van der Waals surface area contributed by atoms with Crippen molar-refractivity contribution in [2.45, 2.75) is 0 Å². The third-order valence-electron chi connectivity index (χ3n) is 4.85. The highest BCUT2D eigenvalue weighted by Crippen LogP contribution is 2.33. The first kappa shape index (κ1) is 20.0. The molecule has 8 heteroatoms. The molecule has 5 rings (SSSR count). The molecule has 0 aliphatic rings. The van der Waals surface area contributed by atoms with Crippen LogP contribution in [0.3, 0.4) is 0 Å². The summed E-state index contributed by atoms with van der Waals surface area (Å²) in [6.45, 7) is 0. The molecule has 0 saturated carbocycles. The number of hydrogen-bond acceptors (Lipinski definition) is 4. The van der Waals surface area contributed by atoms with E-state index in [2.05, 4.69) is 20.9 Å². The number of fused-ring (bicyclic) bond motifs is 1. The molecule has 2 heterocycles. The van der Waals surface area contributed by atoms with E-state index in [9.17, 15) is 4.79 Å². The molecule has 0 amide bonds. The summed E-state index contributed by atoms with van der Waals surface area (Å²) in [5.41, 5.74) is 2.37. The first-order chi connectivity index (χ1) is 15.0. The lowest BCUT2D eigenvalue weighted by atomic mass is 10.0. The van der Waals surface area contributed by atoms with Gasteiger partial charge in [-0.25, -0.2) is 4.98 Å². The second kappa shape index (κ2) is 7.96. The first-order valence-corrected chi connectivity index (χ1v) is 10.7. The quantitative estimate of drug-likeness (QED) is 0.267. The van der Waals surface area contributed by atoms with Crippen molar-refractivity contribution in [2.75, 3.05) is 0 Å².